The first-order valence-corrected chi connectivity index (χ1v) is 5.25. The van der Waals surface area contributed by atoms with Crippen molar-refractivity contribution in [1.82, 2.24) is 5.32 Å². The number of rotatable bonds is 1. The normalized spacial score (nSPS) is 22.1. The molecule has 0 saturated carbocycles. The van der Waals surface area contributed by atoms with Crippen LogP contribution in [0.2, 0.25) is 0 Å². The molecule has 2 rings (SSSR count). The van der Waals surface area contributed by atoms with E-state index in [1.807, 2.05) is 0 Å². The molecular weight excluding hydrogens is 194 g/mol. The molecule has 2 heteroatoms. The molecule has 1 N–H and O–H groups in total. The number of halogens is 1. The topological polar surface area (TPSA) is 12.0 Å². The van der Waals surface area contributed by atoms with Crippen LogP contribution in [0.1, 0.15) is 37.3 Å². The molecule has 1 nitrogen and oxygen atoms in total. The average molecular weight is 212 g/mol. The maximum Gasteiger partial charge on any atom is 0.0320 e. The Morgan fingerprint density at radius 2 is 1.79 bits per heavy atom. The van der Waals surface area contributed by atoms with E-state index in [-0.39, 0.29) is 12.4 Å². The highest BCUT2D eigenvalue weighted by atomic mass is 35.5. The average Bonchev–Trinajstić information content (AvgIpc) is 2.47. The Labute approximate surface area is 92.3 Å². The predicted molar refractivity (Wildman–Crippen MR) is 62.9 cm³/mol. The number of hydrogen-bond donors (Lipinski definition) is 1. The van der Waals surface area contributed by atoms with Crippen LogP contribution in [-0.4, -0.2) is 6.54 Å². The second-order valence-electron chi connectivity index (χ2n) is 3.77. The monoisotopic (exact) mass is 211 g/mol. The van der Waals surface area contributed by atoms with Gasteiger partial charge in [0.1, 0.15) is 0 Å². The molecule has 1 aromatic rings. The third-order valence-corrected chi connectivity index (χ3v) is 2.76. The molecule has 0 amide bonds. The van der Waals surface area contributed by atoms with Crippen molar-refractivity contribution in [3.05, 3.63) is 35.9 Å². The molecule has 1 fully saturated rings. The standard InChI is InChI=1S/C12H17N.ClH/c1-3-7-11(8-4-1)12-9-5-2-6-10-13-12;/h1,3-4,7-8,12-13H,2,5-6,9-10H2;1H/t12-;/m0./s1. The molecule has 0 unspecified atom stereocenters. The zero-order valence-electron chi connectivity index (χ0n) is 8.41. The van der Waals surface area contributed by atoms with Crippen LogP contribution in [0.25, 0.3) is 0 Å². The van der Waals surface area contributed by atoms with Crippen molar-refractivity contribution >= 4 is 12.4 Å². The van der Waals surface area contributed by atoms with Crippen LogP contribution < -0.4 is 5.32 Å². The van der Waals surface area contributed by atoms with Gasteiger partial charge < -0.3 is 5.32 Å². The fourth-order valence-corrected chi connectivity index (χ4v) is 2.00. The van der Waals surface area contributed by atoms with Crippen LogP contribution >= 0.6 is 12.4 Å². The molecule has 1 heterocycles. The second-order valence-corrected chi connectivity index (χ2v) is 3.77. The Morgan fingerprint density at radius 1 is 1.00 bits per heavy atom. The lowest BCUT2D eigenvalue weighted by molar-refractivity contribution is 0.535. The van der Waals surface area contributed by atoms with Crippen LogP contribution in [0, 0.1) is 0 Å². The Balaban J connectivity index is 0.000000980. The largest absolute Gasteiger partial charge is 0.310 e. The summed E-state index contributed by atoms with van der Waals surface area (Å²) >= 11 is 0. The van der Waals surface area contributed by atoms with Gasteiger partial charge in [0.2, 0.25) is 0 Å². The van der Waals surface area contributed by atoms with Gasteiger partial charge >= 0.3 is 0 Å². The van der Waals surface area contributed by atoms with Crippen molar-refractivity contribution in [2.45, 2.75) is 31.7 Å². The molecule has 14 heavy (non-hydrogen) atoms. The molecule has 0 aromatic heterocycles. The number of benzene rings is 1. The molecule has 1 atom stereocenters. The molecule has 1 saturated heterocycles. The first-order chi connectivity index (χ1) is 6.47. The van der Waals surface area contributed by atoms with E-state index in [0.717, 1.165) is 0 Å². The van der Waals surface area contributed by atoms with Gasteiger partial charge in [-0.25, -0.2) is 0 Å². The molecule has 0 bridgehead atoms. The van der Waals surface area contributed by atoms with E-state index >= 15 is 0 Å². The number of nitrogens with one attached hydrogen (secondary N) is 1. The molecule has 0 radical (unpaired) electrons. The van der Waals surface area contributed by atoms with Gasteiger partial charge in [-0.15, -0.1) is 12.4 Å². The summed E-state index contributed by atoms with van der Waals surface area (Å²) in [6.07, 6.45) is 5.39. The lowest BCUT2D eigenvalue weighted by atomic mass is 10.0. The van der Waals surface area contributed by atoms with E-state index in [0.29, 0.717) is 6.04 Å². The fraction of sp³-hybridized carbons (Fsp3) is 0.500. The van der Waals surface area contributed by atoms with Gasteiger partial charge in [0, 0.05) is 6.04 Å². The zero-order valence-corrected chi connectivity index (χ0v) is 9.22. The summed E-state index contributed by atoms with van der Waals surface area (Å²) in [4.78, 5) is 0. The molecule has 0 spiro atoms. The molecule has 78 valence electrons. The van der Waals surface area contributed by atoms with Gasteiger partial charge in [-0.3, -0.25) is 0 Å². The number of hydrogen-bond acceptors (Lipinski definition) is 1. The summed E-state index contributed by atoms with van der Waals surface area (Å²) in [5.74, 6) is 0. The molecule has 1 aromatic carbocycles. The smallest absolute Gasteiger partial charge is 0.0320 e. The van der Waals surface area contributed by atoms with E-state index in [9.17, 15) is 0 Å². The van der Waals surface area contributed by atoms with Crippen LogP contribution in [0.3, 0.4) is 0 Å². The van der Waals surface area contributed by atoms with Crippen LogP contribution in [-0.2, 0) is 0 Å². The predicted octanol–water partition coefficient (Wildman–Crippen LogP) is 3.31. The molecular formula is C12H18ClN. The third kappa shape index (κ3) is 3.00. The van der Waals surface area contributed by atoms with Crippen LogP contribution in [0.15, 0.2) is 30.3 Å². The zero-order chi connectivity index (χ0) is 8.93. The summed E-state index contributed by atoms with van der Waals surface area (Å²) in [6.45, 7) is 1.18. The summed E-state index contributed by atoms with van der Waals surface area (Å²) in [7, 11) is 0. The SMILES string of the molecule is Cl.c1ccc([C@@H]2CCCCCN2)cc1. The summed E-state index contributed by atoms with van der Waals surface area (Å²) in [5, 5.41) is 3.60. The minimum Gasteiger partial charge on any atom is -0.310 e. The first kappa shape index (κ1) is 11.5. The highest BCUT2D eigenvalue weighted by Gasteiger charge is 2.12. The first-order valence-electron chi connectivity index (χ1n) is 5.25. The van der Waals surface area contributed by atoms with Crippen molar-refractivity contribution in [2.75, 3.05) is 6.54 Å². The van der Waals surface area contributed by atoms with Gasteiger partial charge in [-0.1, -0.05) is 43.2 Å². The van der Waals surface area contributed by atoms with Gasteiger partial charge in [0.05, 0.1) is 0 Å². The Kier molecular flexibility index (Phi) is 4.99. The second kappa shape index (κ2) is 6.05. The lowest BCUT2D eigenvalue weighted by Gasteiger charge is -2.15. The van der Waals surface area contributed by atoms with Crippen molar-refractivity contribution < 1.29 is 0 Å². The van der Waals surface area contributed by atoms with E-state index in [1.54, 1.807) is 0 Å². The van der Waals surface area contributed by atoms with E-state index in [1.165, 1.54) is 37.8 Å². The maximum absolute atomic E-state index is 3.60. The van der Waals surface area contributed by atoms with Crippen molar-refractivity contribution in [2.24, 2.45) is 0 Å². The van der Waals surface area contributed by atoms with Gasteiger partial charge in [0.15, 0.2) is 0 Å². The van der Waals surface area contributed by atoms with Crippen molar-refractivity contribution in [3.8, 4) is 0 Å². The summed E-state index contributed by atoms with van der Waals surface area (Å²) in [5.41, 5.74) is 1.45. The molecule has 1 aliphatic heterocycles. The summed E-state index contributed by atoms with van der Waals surface area (Å²) in [6, 6.07) is 11.4. The van der Waals surface area contributed by atoms with Gasteiger partial charge in [0.25, 0.3) is 0 Å². The Bertz CT molecular complexity index is 240. The Hall–Kier alpha value is -0.530. The van der Waals surface area contributed by atoms with Crippen molar-refractivity contribution in [3.63, 3.8) is 0 Å². The van der Waals surface area contributed by atoms with Crippen LogP contribution in [0.5, 0.6) is 0 Å². The molecule has 0 aliphatic carbocycles. The van der Waals surface area contributed by atoms with E-state index < -0.39 is 0 Å². The van der Waals surface area contributed by atoms with Gasteiger partial charge in [-0.2, -0.15) is 0 Å². The van der Waals surface area contributed by atoms with Gasteiger partial charge in [-0.05, 0) is 24.9 Å². The summed E-state index contributed by atoms with van der Waals surface area (Å²) < 4.78 is 0. The minimum absolute atomic E-state index is 0. The maximum atomic E-state index is 3.60. The van der Waals surface area contributed by atoms with E-state index in [2.05, 4.69) is 35.6 Å². The molecule has 1 aliphatic rings. The highest BCUT2D eigenvalue weighted by Crippen LogP contribution is 2.21. The fourth-order valence-electron chi connectivity index (χ4n) is 2.00. The highest BCUT2D eigenvalue weighted by molar-refractivity contribution is 5.85. The Morgan fingerprint density at radius 3 is 2.57 bits per heavy atom. The van der Waals surface area contributed by atoms with Crippen LogP contribution in [0.4, 0.5) is 0 Å². The lowest BCUT2D eigenvalue weighted by Crippen LogP contribution is -2.19. The minimum atomic E-state index is 0. The quantitative estimate of drug-likeness (QED) is 0.752. The van der Waals surface area contributed by atoms with Crippen molar-refractivity contribution in [1.29, 1.82) is 0 Å². The third-order valence-electron chi connectivity index (χ3n) is 2.76. The van der Waals surface area contributed by atoms with E-state index in [4.69, 9.17) is 0 Å².